The molecule has 0 saturated heterocycles. The lowest BCUT2D eigenvalue weighted by Crippen LogP contribution is -2.27. The average molecular weight is 295 g/mol. The van der Waals surface area contributed by atoms with Gasteiger partial charge in [-0.15, -0.1) is 0 Å². The predicted octanol–water partition coefficient (Wildman–Crippen LogP) is 4.58. The fraction of sp³-hybridized carbons (Fsp3) is 0.350. The molecule has 0 radical (unpaired) electrons. The van der Waals surface area contributed by atoms with Crippen LogP contribution in [0.2, 0.25) is 0 Å². The summed E-state index contributed by atoms with van der Waals surface area (Å²) in [4.78, 5) is 11.6. The van der Waals surface area contributed by atoms with Crippen LogP contribution < -0.4 is 5.32 Å². The van der Waals surface area contributed by atoms with Crippen molar-refractivity contribution >= 4 is 5.91 Å². The molecule has 0 aliphatic heterocycles. The van der Waals surface area contributed by atoms with E-state index in [0.29, 0.717) is 6.54 Å². The minimum absolute atomic E-state index is 0.0286. The third-order valence-corrected chi connectivity index (χ3v) is 3.77. The summed E-state index contributed by atoms with van der Waals surface area (Å²) >= 11 is 0. The Kier molecular flexibility index (Phi) is 5.76. The molecule has 0 bridgehead atoms. The number of hydrogen-bond donors (Lipinski definition) is 1. The van der Waals surface area contributed by atoms with Crippen LogP contribution in [0, 0.1) is 5.92 Å². The number of nitrogens with one attached hydrogen (secondary N) is 1. The molecule has 2 nitrogen and oxygen atoms in total. The van der Waals surface area contributed by atoms with Gasteiger partial charge in [0.25, 0.3) is 0 Å². The number of hydrogen-bond acceptors (Lipinski definition) is 1. The van der Waals surface area contributed by atoms with Gasteiger partial charge in [-0.2, -0.15) is 0 Å². The Morgan fingerprint density at radius 1 is 0.909 bits per heavy atom. The first-order valence-electron chi connectivity index (χ1n) is 8.06. The molecule has 0 saturated carbocycles. The Labute approximate surface area is 133 Å². The normalized spacial score (nSPS) is 10.7. The molecule has 0 aromatic heterocycles. The van der Waals surface area contributed by atoms with E-state index in [9.17, 15) is 4.79 Å². The predicted molar refractivity (Wildman–Crippen MR) is 92.6 cm³/mol. The third-order valence-electron chi connectivity index (χ3n) is 3.77. The van der Waals surface area contributed by atoms with Crippen molar-refractivity contribution < 1.29 is 4.79 Å². The van der Waals surface area contributed by atoms with Crippen LogP contribution in [-0.2, 0) is 17.8 Å². The van der Waals surface area contributed by atoms with E-state index in [1.807, 2.05) is 13.8 Å². The smallest absolute Gasteiger partial charge is 0.222 e. The van der Waals surface area contributed by atoms with Gasteiger partial charge < -0.3 is 5.32 Å². The maximum absolute atomic E-state index is 11.6. The molecular formula is C20H25NO. The maximum atomic E-state index is 11.6. The monoisotopic (exact) mass is 295 g/mol. The van der Waals surface area contributed by atoms with E-state index in [2.05, 4.69) is 60.8 Å². The summed E-state index contributed by atoms with van der Waals surface area (Å²) < 4.78 is 0. The van der Waals surface area contributed by atoms with Crippen molar-refractivity contribution in [2.24, 2.45) is 5.92 Å². The second kappa shape index (κ2) is 7.79. The van der Waals surface area contributed by atoms with Crippen molar-refractivity contribution in [3.05, 3.63) is 59.7 Å². The van der Waals surface area contributed by atoms with E-state index in [1.54, 1.807) is 0 Å². The van der Waals surface area contributed by atoms with Crippen LogP contribution in [0.4, 0.5) is 0 Å². The van der Waals surface area contributed by atoms with Gasteiger partial charge in [0.2, 0.25) is 5.91 Å². The van der Waals surface area contributed by atoms with Crippen molar-refractivity contribution in [2.45, 2.75) is 40.2 Å². The summed E-state index contributed by atoms with van der Waals surface area (Å²) in [5.74, 6) is 0.122. The minimum Gasteiger partial charge on any atom is -0.352 e. The number of carbonyl (C=O) groups excluding carboxylic acids is 1. The van der Waals surface area contributed by atoms with Gasteiger partial charge in [-0.25, -0.2) is 0 Å². The zero-order chi connectivity index (χ0) is 15.9. The lowest BCUT2D eigenvalue weighted by molar-refractivity contribution is -0.124. The first kappa shape index (κ1) is 16.3. The molecule has 2 aromatic carbocycles. The number of aryl methyl sites for hydroxylation is 1. The molecular weight excluding hydrogens is 270 g/mol. The second-order valence-electron chi connectivity index (χ2n) is 6.02. The molecule has 0 atom stereocenters. The van der Waals surface area contributed by atoms with Gasteiger partial charge in [0, 0.05) is 12.5 Å². The summed E-state index contributed by atoms with van der Waals surface area (Å²) in [6.07, 6.45) is 2.31. The summed E-state index contributed by atoms with van der Waals surface area (Å²) in [5, 5.41) is 2.94. The highest BCUT2D eigenvalue weighted by molar-refractivity contribution is 5.77. The van der Waals surface area contributed by atoms with Crippen molar-refractivity contribution in [1.29, 1.82) is 0 Å². The van der Waals surface area contributed by atoms with E-state index in [4.69, 9.17) is 0 Å². The van der Waals surface area contributed by atoms with Crippen LogP contribution in [0.3, 0.4) is 0 Å². The van der Waals surface area contributed by atoms with Crippen LogP contribution in [0.1, 0.15) is 38.3 Å². The van der Waals surface area contributed by atoms with E-state index in [-0.39, 0.29) is 11.8 Å². The summed E-state index contributed by atoms with van der Waals surface area (Å²) in [7, 11) is 0. The summed E-state index contributed by atoms with van der Waals surface area (Å²) in [6, 6.07) is 17.2. The van der Waals surface area contributed by atoms with Gasteiger partial charge in [-0.05, 0) is 28.7 Å². The highest BCUT2D eigenvalue weighted by Gasteiger charge is 2.06. The third kappa shape index (κ3) is 4.45. The Bertz CT molecular complexity index is 597. The largest absolute Gasteiger partial charge is 0.352 e. The van der Waals surface area contributed by atoms with Crippen molar-refractivity contribution in [1.82, 2.24) is 5.32 Å². The fourth-order valence-corrected chi connectivity index (χ4v) is 2.36. The Hall–Kier alpha value is -2.09. The lowest BCUT2D eigenvalue weighted by atomic mass is 10.0. The Morgan fingerprint density at radius 2 is 1.41 bits per heavy atom. The topological polar surface area (TPSA) is 29.1 Å². The van der Waals surface area contributed by atoms with Crippen molar-refractivity contribution in [3.63, 3.8) is 0 Å². The molecule has 2 aromatic rings. The van der Waals surface area contributed by atoms with Crippen molar-refractivity contribution in [2.75, 3.05) is 0 Å². The fourth-order valence-electron chi connectivity index (χ4n) is 2.36. The lowest BCUT2D eigenvalue weighted by Gasteiger charge is -2.09. The quantitative estimate of drug-likeness (QED) is 0.830. The molecule has 1 N–H and O–H groups in total. The van der Waals surface area contributed by atoms with Gasteiger partial charge >= 0.3 is 0 Å². The first-order valence-corrected chi connectivity index (χ1v) is 8.06. The molecule has 116 valence electrons. The maximum Gasteiger partial charge on any atom is 0.222 e. The number of amides is 1. The molecule has 0 fully saturated rings. The van der Waals surface area contributed by atoms with E-state index < -0.39 is 0 Å². The zero-order valence-corrected chi connectivity index (χ0v) is 13.7. The SMILES string of the molecule is CCCc1ccc(-c2ccc(CNC(=O)C(C)C)cc2)cc1. The number of carbonyl (C=O) groups is 1. The van der Waals surface area contributed by atoms with E-state index in [1.165, 1.54) is 23.1 Å². The van der Waals surface area contributed by atoms with Gasteiger partial charge in [0.05, 0.1) is 0 Å². The van der Waals surface area contributed by atoms with Crippen LogP contribution in [0.5, 0.6) is 0 Å². The zero-order valence-electron chi connectivity index (χ0n) is 13.7. The van der Waals surface area contributed by atoms with Gasteiger partial charge in [0.1, 0.15) is 0 Å². The van der Waals surface area contributed by atoms with Crippen LogP contribution in [-0.4, -0.2) is 5.91 Å². The van der Waals surface area contributed by atoms with E-state index in [0.717, 1.165) is 12.0 Å². The molecule has 22 heavy (non-hydrogen) atoms. The second-order valence-corrected chi connectivity index (χ2v) is 6.02. The minimum atomic E-state index is 0.0286. The molecule has 0 aliphatic rings. The Balaban J connectivity index is 2.00. The Morgan fingerprint density at radius 3 is 1.86 bits per heavy atom. The van der Waals surface area contributed by atoms with Gasteiger partial charge in [0.15, 0.2) is 0 Å². The molecule has 0 aliphatic carbocycles. The first-order chi connectivity index (χ1) is 10.6. The summed E-state index contributed by atoms with van der Waals surface area (Å²) in [5.41, 5.74) is 4.96. The average Bonchev–Trinajstić information content (AvgIpc) is 2.54. The molecule has 0 spiro atoms. The molecule has 2 heteroatoms. The molecule has 0 unspecified atom stereocenters. The summed E-state index contributed by atoms with van der Waals surface area (Å²) in [6.45, 7) is 6.60. The van der Waals surface area contributed by atoms with Crippen LogP contribution in [0.15, 0.2) is 48.5 Å². The number of rotatable bonds is 6. The number of benzene rings is 2. The van der Waals surface area contributed by atoms with Crippen LogP contribution in [0.25, 0.3) is 11.1 Å². The van der Waals surface area contributed by atoms with Crippen molar-refractivity contribution in [3.8, 4) is 11.1 Å². The molecule has 2 rings (SSSR count). The van der Waals surface area contributed by atoms with Crippen LogP contribution >= 0.6 is 0 Å². The highest BCUT2D eigenvalue weighted by Crippen LogP contribution is 2.21. The molecule has 0 heterocycles. The van der Waals surface area contributed by atoms with E-state index >= 15 is 0 Å². The highest BCUT2D eigenvalue weighted by atomic mass is 16.1. The standard InChI is InChI=1S/C20H25NO/c1-4-5-16-6-10-18(11-7-16)19-12-8-17(9-13-19)14-21-20(22)15(2)3/h6-13,15H,4-5,14H2,1-3H3,(H,21,22). The molecule has 1 amide bonds. The van der Waals surface area contributed by atoms with Gasteiger partial charge in [-0.1, -0.05) is 75.7 Å². The van der Waals surface area contributed by atoms with Gasteiger partial charge in [-0.3, -0.25) is 4.79 Å².